The summed E-state index contributed by atoms with van der Waals surface area (Å²) in [4.78, 5) is 22.0. The second-order valence-corrected chi connectivity index (χ2v) is 6.88. The second-order valence-electron chi connectivity index (χ2n) is 6.45. The zero-order chi connectivity index (χ0) is 24.1. The van der Waals surface area contributed by atoms with Gasteiger partial charge in [-0.15, -0.1) is 0 Å². The zero-order valence-corrected chi connectivity index (χ0v) is 16.9. The maximum Gasteiger partial charge on any atom is 0.416 e. The van der Waals surface area contributed by atoms with Gasteiger partial charge in [0.1, 0.15) is 11.5 Å². The number of carbonyl (C=O) groups is 2. The predicted octanol–water partition coefficient (Wildman–Crippen LogP) is 4.27. The number of nitrogens with zero attached hydrogens (tertiary/aromatic N) is 3. The number of nitrogens with one attached hydrogen (secondary N) is 2. The van der Waals surface area contributed by atoms with Gasteiger partial charge in [-0.2, -0.15) is 28.8 Å². The van der Waals surface area contributed by atoms with E-state index in [2.05, 4.69) is 10.5 Å². The molecule has 164 valence electrons. The number of hydrazone groups is 1. The normalized spacial score (nSPS) is 13.3. The first kappa shape index (κ1) is 24.2. The van der Waals surface area contributed by atoms with Gasteiger partial charge in [0.25, 0.3) is 5.91 Å². The van der Waals surface area contributed by atoms with Crippen molar-refractivity contribution in [3.05, 3.63) is 64.2 Å². The average Bonchev–Trinajstić information content (AvgIpc) is 2.73. The number of nitriles is 2. The minimum Gasteiger partial charge on any atom is -0.465 e. The molecule has 12 heteroatoms. The average molecular weight is 464 g/mol. The van der Waals surface area contributed by atoms with Crippen LogP contribution in [0.25, 0.3) is 0 Å². The molecular weight excluding hydrogens is 451 g/mol. The van der Waals surface area contributed by atoms with Crippen molar-refractivity contribution in [3.8, 4) is 12.1 Å². The van der Waals surface area contributed by atoms with Crippen LogP contribution in [-0.4, -0.2) is 22.8 Å². The van der Waals surface area contributed by atoms with Gasteiger partial charge < -0.3 is 5.11 Å². The minimum atomic E-state index is -4.86. The highest BCUT2D eigenvalue weighted by molar-refractivity contribution is 6.46. The van der Waals surface area contributed by atoms with Crippen molar-refractivity contribution in [2.24, 2.45) is 5.10 Å². The monoisotopic (exact) mass is 463 g/mol. The van der Waals surface area contributed by atoms with Gasteiger partial charge in [0, 0.05) is 5.02 Å². The molecule has 0 aliphatic heterocycles. The van der Waals surface area contributed by atoms with Gasteiger partial charge in [0.15, 0.2) is 0 Å². The third kappa shape index (κ3) is 5.33. The lowest BCUT2D eigenvalue weighted by Crippen LogP contribution is -2.34. The molecule has 0 saturated heterocycles. The van der Waals surface area contributed by atoms with Crippen LogP contribution in [0.2, 0.25) is 5.02 Å². The number of imide groups is 1. The third-order valence-corrected chi connectivity index (χ3v) is 4.60. The van der Waals surface area contributed by atoms with Crippen LogP contribution < -0.4 is 10.7 Å². The van der Waals surface area contributed by atoms with Crippen LogP contribution in [0.3, 0.4) is 0 Å². The van der Waals surface area contributed by atoms with Crippen LogP contribution in [0.4, 0.5) is 23.7 Å². The summed E-state index contributed by atoms with van der Waals surface area (Å²) in [6.45, 7) is 1.33. The van der Waals surface area contributed by atoms with Gasteiger partial charge in [-0.05, 0) is 42.3 Å². The van der Waals surface area contributed by atoms with Crippen molar-refractivity contribution in [3.63, 3.8) is 0 Å². The molecule has 0 heterocycles. The molecule has 1 unspecified atom stereocenters. The summed E-state index contributed by atoms with van der Waals surface area (Å²) >= 11 is 5.83. The molecule has 0 aliphatic rings. The smallest absolute Gasteiger partial charge is 0.416 e. The molecule has 0 fully saturated rings. The van der Waals surface area contributed by atoms with E-state index >= 15 is 0 Å². The predicted molar refractivity (Wildman–Crippen MR) is 108 cm³/mol. The van der Waals surface area contributed by atoms with E-state index in [9.17, 15) is 28.0 Å². The van der Waals surface area contributed by atoms with Gasteiger partial charge >= 0.3 is 12.3 Å². The lowest BCUT2D eigenvalue weighted by molar-refractivity contribution is -0.138. The first-order valence-corrected chi connectivity index (χ1v) is 8.97. The topological polar surface area (TPSA) is 138 Å². The largest absolute Gasteiger partial charge is 0.465 e. The fourth-order valence-corrected chi connectivity index (χ4v) is 2.88. The van der Waals surface area contributed by atoms with Gasteiger partial charge in [-0.1, -0.05) is 29.8 Å². The van der Waals surface area contributed by atoms with Crippen molar-refractivity contribution >= 4 is 35.0 Å². The van der Waals surface area contributed by atoms with Crippen molar-refractivity contribution < 1.29 is 27.9 Å². The molecule has 32 heavy (non-hydrogen) atoms. The highest BCUT2D eigenvalue weighted by atomic mass is 35.5. The Morgan fingerprint density at radius 1 is 1.09 bits per heavy atom. The van der Waals surface area contributed by atoms with E-state index in [0.717, 1.165) is 6.07 Å². The Labute approximate surface area is 184 Å². The van der Waals surface area contributed by atoms with Crippen molar-refractivity contribution in [2.45, 2.75) is 18.5 Å². The van der Waals surface area contributed by atoms with Crippen LogP contribution in [0.5, 0.6) is 0 Å². The lowest BCUT2D eigenvalue weighted by atomic mass is 9.75. The van der Waals surface area contributed by atoms with E-state index in [1.165, 1.54) is 48.6 Å². The minimum absolute atomic E-state index is 0.256. The Balaban J connectivity index is 2.53. The number of halogens is 4. The summed E-state index contributed by atoms with van der Waals surface area (Å²) < 4.78 is 41.5. The molecule has 2 aromatic rings. The fourth-order valence-electron chi connectivity index (χ4n) is 2.75. The van der Waals surface area contributed by atoms with Crippen LogP contribution in [0.1, 0.15) is 23.6 Å². The summed E-state index contributed by atoms with van der Waals surface area (Å²) in [5.74, 6) is -1.36. The van der Waals surface area contributed by atoms with E-state index in [1.807, 2.05) is 6.07 Å². The Kier molecular flexibility index (Phi) is 7.08. The number of carbonyl (C=O) groups excluding carboxylic acids is 1. The highest BCUT2D eigenvalue weighted by Gasteiger charge is 2.41. The number of rotatable bonds is 5. The number of carboxylic acid groups (broad SMARTS) is 1. The maximum absolute atomic E-state index is 13.8. The molecule has 2 amide bonds. The molecule has 0 spiro atoms. The Hall–Kier alpha value is -4.09. The first-order chi connectivity index (χ1) is 14.9. The maximum atomic E-state index is 13.8. The fraction of sp³-hybridized carbons (Fsp3) is 0.150. The number of amides is 2. The number of anilines is 1. The Bertz CT molecular complexity index is 1170. The van der Waals surface area contributed by atoms with Gasteiger partial charge in [-0.3, -0.25) is 15.5 Å². The summed E-state index contributed by atoms with van der Waals surface area (Å²) in [5, 5.41) is 32.2. The molecule has 8 nitrogen and oxygen atoms in total. The van der Waals surface area contributed by atoms with Gasteiger partial charge in [0.2, 0.25) is 5.71 Å². The molecule has 2 rings (SSSR count). The second kappa shape index (κ2) is 9.37. The van der Waals surface area contributed by atoms with Crippen LogP contribution in [0, 0.1) is 22.7 Å². The lowest BCUT2D eigenvalue weighted by Gasteiger charge is -2.27. The van der Waals surface area contributed by atoms with Crippen molar-refractivity contribution in [1.82, 2.24) is 5.32 Å². The summed E-state index contributed by atoms with van der Waals surface area (Å²) in [6, 6.07) is 11.9. The molecule has 0 bridgehead atoms. The Morgan fingerprint density at radius 3 is 2.22 bits per heavy atom. The van der Waals surface area contributed by atoms with E-state index in [1.54, 1.807) is 0 Å². The van der Waals surface area contributed by atoms with E-state index in [0.29, 0.717) is 11.1 Å². The van der Waals surface area contributed by atoms with Gasteiger partial charge in [0.05, 0.1) is 17.3 Å². The quantitative estimate of drug-likeness (QED) is 0.447. The summed E-state index contributed by atoms with van der Waals surface area (Å²) in [7, 11) is 0. The van der Waals surface area contributed by atoms with Crippen LogP contribution in [0.15, 0.2) is 47.6 Å². The van der Waals surface area contributed by atoms with Crippen LogP contribution >= 0.6 is 11.6 Å². The number of hydrogen-bond acceptors (Lipinski definition) is 6. The van der Waals surface area contributed by atoms with E-state index < -0.39 is 34.9 Å². The molecule has 3 N–H and O–H groups in total. The number of hydrogen-bond donors (Lipinski definition) is 3. The molecule has 0 aliphatic carbocycles. The standard InChI is InChI=1S/C20H13ClF3N5O3/c1-19(10-26,11-2-4-12(21)5-3-11)14-7-6-13(8-15(14)20(22,23)24)28-29-16(9-25)17(30)27-18(31)32/h2-8,28H,1H3,(H,27,30)(H,31,32)/b29-16+. The third-order valence-electron chi connectivity index (χ3n) is 4.35. The van der Waals surface area contributed by atoms with Crippen molar-refractivity contribution in [2.75, 3.05) is 5.43 Å². The molecule has 0 aromatic heterocycles. The summed E-state index contributed by atoms with van der Waals surface area (Å²) in [5.41, 5.74) is -1.95. The molecule has 2 aromatic carbocycles. The van der Waals surface area contributed by atoms with Crippen LogP contribution in [-0.2, 0) is 16.4 Å². The van der Waals surface area contributed by atoms with Crippen molar-refractivity contribution in [1.29, 1.82) is 10.5 Å². The van der Waals surface area contributed by atoms with E-state index in [-0.39, 0.29) is 16.8 Å². The Morgan fingerprint density at radius 2 is 1.72 bits per heavy atom. The number of benzene rings is 2. The first-order valence-electron chi connectivity index (χ1n) is 8.59. The number of alkyl halides is 3. The molecular formula is C20H13ClF3N5O3. The molecule has 0 radical (unpaired) electrons. The molecule has 0 saturated carbocycles. The SMILES string of the molecule is CC(C#N)(c1ccc(Cl)cc1)c1ccc(N/N=C(\C#N)C(=O)NC(=O)O)cc1C(F)(F)F. The summed E-state index contributed by atoms with van der Waals surface area (Å²) in [6.07, 6.45) is -6.60. The molecule has 1 atom stereocenters. The zero-order valence-electron chi connectivity index (χ0n) is 16.2. The van der Waals surface area contributed by atoms with Gasteiger partial charge in [-0.25, -0.2) is 4.79 Å². The highest BCUT2D eigenvalue weighted by Crippen LogP contribution is 2.42. The van der Waals surface area contributed by atoms with E-state index in [4.69, 9.17) is 22.0 Å².